The molecule has 0 radical (unpaired) electrons. The minimum atomic E-state index is -0.548. The summed E-state index contributed by atoms with van der Waals surface area (Å²) in [6.45, 7) is 3.40. The lowest BCUT2D eigenvalue weighted by molar-refractivity contribution is -0.148. The van der Waals surface area contributed by atoms with Gasteiger partial charge in [-0.05, 0) is 38.3 Å². The molecule has 1 N–H and O–H groups in total. The topological polar surface area (TPSA) is 102 Å². The third-order valence-corrected chi connectivity index (χ3v) is 5.03. The molecule has 2 aromatic heterocycles. The van der Waals surface area contributed by atoms with Gasteiger partial charge in [0.1, 0.15) is 18.4 Å². The van der Waals surface area contributed by atoms with E-state index in [2.05, 4.69) is 21.1 Å². The molecule has 1 fully saturated rings. The number of ether oxygens (including phenoxy) is 1. The molecule has 1 aliphatic rings. The first-order chi connectivity index (χ1) is 13.0. The molecule has 0 bridgehead atoms. The highest BCUT2D eigenvalue weighted by Gasteiger charge is 2.26. The van der Waals surface area contributed by atoms with Crippen LogP contribution in [0, 0.1) is 25.2 Å². The molecule has 27 heavy (non-hydrogen) atoms. The number of esters is 1. The Labute approximate surface area is 157 Å². The van der Waals surface area contributed by atoms with Crippen molar-refractivity contribution in [3.63, 3.8) is 0 Å². The van der Waals surface area contributed by atoms with E-state index in [1.807, 2.05) is 13.8 Å². The molecule has 0 aliphatic heterocycles. The van der Waals surface area contributed by atoms with E-state index in [-0.39, 0.29) is 12.6 Å². The Bertz CT molecular complexity index is 870. The first-order valence-electron chi connectivity index (χ1n) is 9.05. The van der Waals surface area contributed by atoms with E-state index in [0.717, 1.165) is 36.9 Å². The number of nitriles is 1. The zero-order chi connectivity index (χ0) is 19.4. The number of aromatic nitrogens is 3. The van der Waals surface area contributed by atoms with Crippen LogP contribution >= 0.6 is 0 Å². The van der Waals surface area contributed by atoms with Gasteiger partial charge in [0.15, 0.2) is 6.61 Å². The van der Waals surface area contributed by atoms with Crippen LogP contribution in [0.15, 0.2) is 18.5 Å². The van der Waals surface area contributed by atoms with Gasteiger partial charge >= 0.3 is 5.97 Å². The number of anilines is 1. The molecule has 0 atom stereocenters. The highest BCUT2D eigenvalue weighted by molar-refractivity contribution is 5.93. The number of amides is 1. The number of carbonyl (C=O) groups excluding carboxylic acids is 2. The van der Waals surface area contributed by atoms with Crippen LogP contribution in [-0.4, -0.2) is 32.8 Å². The van der Waals surface area contributed by atoms with Gasteiger partial charge in [0.05, 0.1) is 5.56 Å². The van der Waals surface area contributed by atoms with Gasteiger partial charge in [0, 0.05) is 24.1 Å². The molecule has 8 heteroatoms. The average Bonchev–Trinajstić information content (AvgIpc) is 3.37. The minimum absolute atomic E-state index is 0.0552. The summed E-state index contributed by atoms with van der Waals surface area (Å²) in [5.41, 5.74) is 2.33. The van der Waals surface area contributed by atoms with Crippen LogP contribution in [0.25, 0.3) is 0 Å². The van der Waals surface area contributed by atoms with E-state index < -0.39 is 18.5 Å². The third kappa shape index (κ3) is 4.03. The summed E-state index contributed by atoms with van der Waals surface area (Å²) in [5.74, 6) is -0.502. The summed E-state index contributed by atoms with van der Waals surface area (Å²) in [7, 11) is 0. The average molecular weight is 369 g/mol. The fraction of sp³-hybridized carbons (Fsp3) is 0.474. The summed E-state index contributed by atoms with van der Waals surface area (Å²) in [6, 6.07) is 4.17. The smallest absolute Gasteiger partial charge is 0.328 e. The summed E-state index contributed by atoms with van der Waals surface area (Å²) in [5, 5.41) is 16.2. The second-order valence-corrected chi connectivity index (χ2v) is 6.77. The van der Waals surface area contributed by atoms with Crippen LogP contribution in [0.3, 0.4) is 0 Å². The van der Waals surface area contributed by atoms with E-state index in [1.165, 1.54) is 4.68 Å². The van der Waals surface area contributed by atoms with E-state index in [1.54, 1.807) is 18.5 Å². The third-order valence-electron chi connectivity index (χ3n) is 5.03. The second-order valence-electron chi connectivity index (χ2n) is 6.77. The monoisotopic (exact) mass is 369 g/mol. The van der Waals surface area contributed by atoms with Crippen LogP contribution < -0.4 is 5.32 Å². The highest BCUT2D eigenvalue weighted by atomic mass is 16.5. The molecular formula is C19H23N5O3. The van der Waals surface area contributed by atoms with Crippen LogP contribution in [0.2, 0.25) is 0 Å². The van der Waals surface area contributed by atoms with Gasteiger partial charge in [-0.2, -0.15) is 10.4 Å². The largest absolute Gasteiger partial charge is 0.454 e. The fourth-order valence-corrected chi connectivity index (χ4v) is 3.59. The van der Waals surface area contributed by atoms with E-state index in [0.29, 0.717) is 11.4 Å². The first kappa shape index (κ1) is 18.7. The molecule has 0 unspecified atom stereocenters. The van der Waals surface area contributed by atoms with Gasteiger partial charge in [-0.3, -0.25) is 14.3 Å². The van der Waals surface area contributed by atoms with Gasteiger partial charge < -0.3 is 14.6 Å². The van der Waals surface area contributed by atoms with Crippen molar-refractivity contribution in [1.29, 1.82) is 5.26 Å². The van der Waals surface area contributed by atoms with Gasteiger partial charge in [-0.25, -0.2) is 0 Å². The standard InChI is InChI=1S/C19H23N5O3/c1-13-14(2)24(15-6-3-4-7-15)19(16(13)10-20)22-17(25)12-27-18(26)11-23-9-5-8-21-23/h5,8-9,15H,3-4,6-7,11-12H2,1-2H3,(H,22,25). The fourth-order valence-electron chi connectivity index (χ4n) is 3.59. The number of nitrogens with zero attached hydrogens (tertiary/aromatic N) is 4. The van der Waals surface area contributed by atoms with Gasteiger partial charge in [-0.15, -0.1) is 0 Å². The molecule has 142 valence electrons. The summed E-state index contributed by atoms with van der Waals surface area (Å²) < 4.78 is 8.50. The quantitative estimate of drug-likeness (QED) is 0.788. The van der Waals surface area contributed by atoms with Crippen LogP contribution in [0.4, 0.5) is 5.82 Å². The van der Waals surface area contributed by atoms with Crippen molar-refractivity contribution in [2.45, 2.75) is 52.1 Å². The molecule has 2 heterocycles. The molecule has 8 nitrogen and oxygen atoms in total. The first-order valence-corrected chi connectivity index (χ1v) is 9.05. The van der Waals surface area contributed by atoms with E-state index in [9.17, 15) is 14.9 Å². The molecule has 0 aromatic carbocycles. The van der Waals surface area contributed by atoms with Gasteiger partial charge in [0.25, 0.3) is 5.91 Å². The van der Waals surface area contributed by atoms with Crippen LogP contribution in [-0.2, 0) is 20.9 Å². The maximum absolute atomic E-state index is 12.3. The zero-order valence-corrected chi connectivity index (χ0v) is 15.6. The number of nitrogens with one attached hydrogen (secondary N) is 1. The Morgan fingerprint density at radius 3 is 2.74 bits per heavy atom. The van der Waals surface area contributed by atoms with Crippen molar-refractivity contribution < 1.29 is 14.3 Å². The van der Waals surface area contributed by atoms with Gasteiger partial charge in [-0.1, -0.05) is 12.8 Å². The molecule has 1 saturated carbocycles. The van der Waals surface area contributed by atoms with Crippen molar-refractivity contribution in [2.24, 2.45) is 0 Å². The maximum atomic E-state index is 12.3. The molecule has 2 aromatic rings. The normalized spacial score (nSPS) is 14.1. The molecule has 1 amide bonds. The lowest BCUT2D eigenvalue weighted by Crippen LogP contribution is -2.25. The molecular weight excluding hydrogens is 346 g/mol. The summed E-state index contributed by atoms with van der Waals surface area (Å²) >= 11 is 0. The maximum Gasteiger partial charge on any atom is 0.328 e. The predicted octanol–water partition coefficient (Wildman–Crippen LogP) is 2.47. The Hall–Kier alpha value is -3.08. The number of rotatable bonds is 6. The summed E-state index contributed by atoms with van der Waals surface area (Å²) in [6.07, 6.45) is 7.54. The van der Waals surface area contributed by atoms with Crippen molar-refractivity contribution in [1.82, 2.24) is 14.3 Å². The molecule has 0 saturated heterocycles. The Balaban J connectivity index is 1.69. The SMILES string of the molecule is Cc1c(C#N)c(NC(=O)COC(=O)Cn2cccn2)n(C2CCCC2)c1C. The second kappa shape index (κ2) is 8.08. The lowest BCUT2D eigenvalue weighted by Gasteiger charge is -2.19. The minimum Gasteiger partial charge on any atom is -0.454 e. The van der Waals surface area contributed by atoms with E-state index >= 15 is 0 Å². The van der Waals surface area contributed by atoms with Crippen molar-refractivity contribution in [3.05, 3.63) is 35.3 Å². The number of hydrogen-bond donors (Lipinski definition) is 1. The molecule has 0 spiro atoms. The van der Waals surface area contributed by atoms with Gasteiger partial charge in [0.2, 0.25) is 0 Å². The lowest BCUT2D eigenvalue weighted by atomic mass is 10.2. The van der Waals surface area contributed by atoms with Crippen molar-refractivity contribution >= 4 is 17.7 Å². The van der Waals surface area contributed by atoms with Crippen LogP contribution in [0.5, 0.6) is 0 Å². The van der Waals surface area contributed by atoms with Crippen molar-refractivity contribution in [3.8, 4) is 6.07 Å². The highest BCUT2D eigenvalue weighted by Crippen LogP contribution is 2.37. The van der Waals surface area contributed by atoms with Crippen LogP contribution in [0.1, 0.15) is 48.5 Å². The molecule has 3 rings (SSSR count). The van der Waals surface area contributed by atoms with Crippen molar-refractivity contribution in [2.75, 3.05) is 11.9 Å². The summed E-state index contributed by atoms with van der Waals surface area (Å²) in [4.78, 5) is 24.1. The van der Waals surface area contributed by atoms with E-state index in [4.69, 9.17) is 4.74 Å². The Morgan fingerprint density at radius 1 is 1.37 bits per heavy atom. The molecule has 1 aliphatic carbocycles. The predicted molar refractivity (Wildman–Crippen MR) is 97.9 cm³/mol. The number of carbonyl (C=O) groups is 2. The Morgan fingerprint density at radius 2 is 2.11 bits per heavy atom. The number of hydrogen-bond acceptors (Lipinski definition) is 5. The Kier molecular flexibility index (Phi) is 5.60. The zero-order valence-electron chi connectivity index (χ0n) is 15.6.